The summed E-state index contributed by atoms with van der Waals surface area (Å²) in [6.45, 7) is 3.85. The van der Waals surface area contributed by atoms with Crippen LogP contribution in [0.1, 0.15) is 45.7 Å². The number of hydrogen-bond acceptors (Lipinski definition) is 4. The lowest BCUT2D eigenvalue weighted by molar-refractivity contribution is 0.0908. The maximum atomic E-state index is 13.2. The molecule has 0 unspecified atom stereocenters. The Morgan fingerprint density at radius 2 is 0.935 bits per heavy atom. The second kappa shape index (κ2) is 8.76. The predicted octanol–water partition coefficient (Wildman–Crippen LogP) is 5.21. The summed E-state index contributed by atoms with van der Waals surface area (Å²) in [6.07, 6.45) is 0. The molecule has 0 aromatic heterocycles. The highest BCUT2D eigenvalue weighted by Gasteiger charge is 2.30. The largest absolute Gasteiger partial charge is 0.378 e. The average molecular weight is 415 g/mol. The van der Waals surface area contributed by atoms with Gasteiger partial charge in [0.2, 0.25) is 0 Å². The molecule has 160 valence electrons. The quantitative estimate of drug-likeness (QED) is 0.498. The fraction of sp³-hybridized carbons (Fsp3) is 0.259. The van der Waals surface area contributed by atoms with Gasteiger partial charge in [0.05, 0.1) is 5.41 Å². The van der Waals surface area contributed by atoms with E-state index in [2.05, 4.69) is 0 Å². The van der Waals surface area contributed by atoms with Crippen LogP contribution in [0.2, 0.25) is 0 Å². The third kappa shape index (κ3) is 4.69. The van der Waals surface area contributed by atoms with E-state index in [4.69, 9.17) is 0 Å². The number of anilines is 2. The van der Waals surface area contributed by atoms with Gasteiger partial charge in [-0.15, -0.1) is 0 Å². The van der Waals surface area contributed by atoms with Crippen LogP contribution in [0, 0.1) is 0 Å². The van der Waals surface area contributed by atoms with Crippen molar-refractivity contribution in [3.8, 4) is 0 Å². The van der Waals surface area contributed by atoms with Crippen molar-refractivity contribution in [3.63, 3.8) is 0 Å². The van der Waals surface area contributed by atoms with Gasteiger partial charge in [0.25, 0.3) is 0 Å². The molecule has 0 aliphatic rings. The Morgan fingerprint density at radius 3 is 1.32 bits per heavy atom. The predicted molar refractivity (Wildman–Crippen MR) is 129 cm³/mol. The summed E-state index contributed by atoms with van der Waals surface area (Å²) in [5, 5.41) is 0. The molecule has 0 atom stereocenters. The Labute approximate surface area is 185 Å². The number of rotatable bonds is 7. The lowest BCUT2D eigenvalue weighted by atomic mass is 9.77. The van der Waals surface area contributed by atoms with Crippen LogP contribution in [0.5, 0.6) is 0 Å². The van der Waals surface area contributed by atoms with Crippen molar-refractivity contribution in [2.45, 2.75) is 19.3 Å². The number of carbonyl (C=O) groups is 2. The van der Waals surface area contributed by atoms with Crippen molar-refractivity contribution in [1.82, 2.24) is 0 Å². The number of benzene rings is 3. The lowest BCUT2D eigenvalue weighted by Crippen LogP contribution is -2.29. The number of carbonyl (C=O) groups excluding carboxylic acids is 2. The van der Waals surface area contributed by atoms with Crippen LogP contribution in [-0.4, -0.2) is 39.8 Å². The first-order chi connectivity index (χ1) is 14.6. The van der Waals surface area contributed by atoms with Gasteiger partial charge in [0.1, 0.15) is 0 Å². The second-order valence-corrected chi connectivity index (χ2v) is 8.74. The van der Waals surface area contributed by atoms with Crippen molar-refractivity contribution in [3.05, 3.63) is 95.1 Å². The Kier molecular flexibility index (Phi) is 6.30. The van der Waals surface area contributed by atoms with Crippen LogP contribution in [0.4, 0.5) is 11.4 Å². The first kappa shape index (κ1) is 22.3. The number of ketones is 2. The highest BCUT2D eigenvalue weighted by Crippen LogP contribution is 2.29. The van der Waals surface area contributed by atoms with Crippen LogP contribution < -0.4 is 9.80 Å². The van der Waals surface area contributed by atoms with Gasteiger partial charge in [-0.25, -0.2) is 0 Å². The maximum Gasteiger partial charge on any atom is 0.193 e. The van der Waals surface area contributed by atoms with Crippen molar-refractivity contribution < 1.29 is 9.59 Å². The van der Waals surface area contributed by atoms with Gasteiger partial charge >= 0.3 is 0 Å². The molecule has 3 aromatic rings. The van der Waals surface area contributed by atoms with E-state index < -0.39 is 5.41 Å². The molecular weight excluding hydrogens is 384 g/mol. The minimum Gasteiger partial charge on any atom is -0.378 e. The third-order valence-corrected chi connectivity index (χ3v) is 5.73. The Bertz CT molecular complexity index is 1060. The van der Waals surface area contributed by atoms with Crippen molar-refractivity contribution in [2.75, 3.05) is 38.0 Å². The molecule has 31 heavy (non-hydrogen) atoms. The Hall–Kier alpha value is -3.40. The van der Waals surface area contributed by atoms with Gasteiger partial charge in [-0.1, -0.05) is 24.3 Å². The molecule has 0 amide bonds. The van der Waals surface area contributed by atoms with E-state index in [1.165, 1.54) is 0 Å². The zero-order valence-corrected chi connectivity index (χ0v) is 19.1. The zero-order chi connectivity index (χ0) is 22.8. The van der Waals surface area contributed by atoms with Gasteiger partial charge < -0.3 is 9.80 Å². The van der Waals surface area contributed by atoms with Gasteiger partial charge in [-0.2, -0.15) is 0 Å². The summed E-state index contributed by atoms with van der Waals surface area (Å²) in [6, 6.07) is 22.6. The SMILES string of the molecule is CN(C)c1ccc(C(=O)c2ccc(C(C)(C)C(=O)c3ccc(N(C)C)cc3)cc2)cc1. The minimum atomic E-state index is -0.700. The topological polar surface area (TPSA) is 40.6 Å². The maximum absolute atomic E-state index is 13.2. The van der Waals surface area contributed by atoms with Crippen LogP contribution >= 0.6 is 0 Å². The standard InChI is InChI=1S/C27H30N2O2/c1-27(2,26(31)21-11-17-24(18-12-21)29(5)6)22-13-7-19(8-14-22)25(30)20-9-15-23(16-10-20)28(3)4/h7-18H,1-6H3. The highest BCUT2D eigenvalue weighted by atomic mass is 16.1. The average Bonchev–Trinajstić information content (AvgIpc) is 2.78. The first-order valence-corrected chi connectivity index (χ1v) is 10.4. The molecule has 0 fully saturated rings. The number of nitrogens with zero attached hydrogens (tertiary/aromatic N) is 2. The summed E-state index contributed by atoms with van der Waals surface area (Å²) >= 11 is 0. The van der Waals surface area contributed by atoms with Crippen LogP contribution in [-0.2, 0) is 5.41 Å². The van der Waals surface area contributed by atoms with E-state index in [0.29, 0.717) is 16.7 Å². The fourth-order valence-electron chi connectivity index (χ4n) is 3.52. The number of Topliss-reactive ketones (excluding diaryl/α,β-unsaturated/α-hetero) is 1. The van der Waals surface area contributed by atoms with Crippen LogP contribution in [0.25, 0.3) is 0 Å². The van der Waals surface area contributed by atoms with Gasteiger partial charge in [0.15, 0.2) is 11.6 Å². The molecule has 0 aliphatic heterocycles. The Morgan fingerprint density at radius 1 is 0.581 bits per heavy atom. The smallest absolute Gasteiger partial charge is 0.193 e. The molecule has 0 saturated heterocycles. The minimum absolute atomic E-state index is 0.0275. The lowest BCUT2D eigenvalue weighted by Gasteiger charge is -2.24. The molecule has 0 bridgehead atoms. The summed E-state index contributed by atoms with van der Waals surface area (Å²) < 4.78 is 0. The molecule has 3 rings (SSSR count). The molecule has 4 heteroatoms. The van der Waals surface area contributed by atoms with Crippen molar-refractivity contribution in [1.29, 1.82) is 0 Å². The van der Waals surface area contributed by atoms with Crippen molar-refractivity contribution >= 4 is 22.9 Å². The summed E-state index contributed by atoms with van der Waals surface area (Å²) in [7, 11) is 7.88. The van der Waals surface area contributed by atoms with E-state index in [1.54, 1.807) is 0 Å². The number of hydrogen-bond donors (Lipinski definition) is 0. The van der Waals surface area contributed by atoms with Crippen molar-refractivity contribution in [2.24, 2.45) is 0 Å². The monoisotopic (exact) mass is 414 g/mol. The molecule has 0 radical (unpaired) electrons. The first-order valence-electron chi connectivity index (χ1n) is 10.4. The molecule has 0 N–H and O–H groups in total. The summed E-state index contributed by atoms with van der Waals surface area (Å²) in [5.74, 6) is 0.0245. The summed E-state index contributed by atoms with van der Waals surface area (Å²) in [5.41, 5.74) is 4.22. The highest BCUT2D eigenvalue weighted by molar-refractivity contribution is 6.09. The third-order valence-electron chi connectivity index (χ3n) is 5.73. The normalized spacial score (nSPS) is 11.2. The summed E-state index contributed by atoms with van der Waals surface area (Å²) in [4.78, 5) is 30.0. The second-order valence-electron chi connectivity index (χ2n) is 8.74. The van der Waals surface area contributed by atoms with Gasteiger partial charge in [0, 0.05) is 56.3 Å². The molecule has 0 spiro atoms. The molecule has 0 heterocycles. The van der Waals surface area contributed by atoms with E-state index >= 15 is 0 Å². The fourth-order valence-corrected chi connectivity index (χ4v) is 3.52. The molecule has 3 aromatic carbocycles. The molecular formula is C27H30N2O2. The van der Waals surface area contributed by atoms with E-state index in [-0.39, 0.29) is 11.6 Å². The molecule has 0 aliphatic carbocycles. The molecule has 0 saturated carbocycles. The van der Waals surface area contributed by atoms with Gasteiger partial charge in [-0.05, 0) is 67.9 Å². The van der Waals surface area contributed by atoms with E-state index in [1.807, 2.05) is 125 Å². The molecule has 4 nitrogen and oxygen atoms in total. The van der Waals surface area contributed by atoms with Gasteiger partial charge in [-0.3, -0.25) is 9.59 Å². The Balaban J connectivity index is 1.80. The zero-order valence-electron chi connectivity index (χ0n) is 19.1. The van der Waals surface area contributed by atoms with Crippen LogP contribution in [0.3, 0.4) is 0 Å². The van der Waals surface area contributed by atoms with E-state index in [9.17, 15) is 9.59 Å². The van der Waals surface area contributed by atoms with Crippen LogP contribution in [0.15, 0.2) is 72.8 Å². The van der Waals surface area contributed by atoms with E-state index in [0.717, 1.165) is 16.9 Å².